The Morgan fingerprint density at radius 2 is 2.00 bits per heavy atom. The maximum Gasteiger partial charge on any atom is 1.00 e. The molecule has 0 heterocycles. The molecule has 0 amide bonds. The van der Waals surface area contributed by atoms with Crippen LogP contribution in [0, 0.1) is 0 Å². The van der Waals surface area contributed by atoms with Crippen LogP contribution in [0.1, 0.15) is 1.43 Å². The Labute approximate surface area is 79.0 Å². The van der Waals surface area contributed by atoms with E-state index in [2.05, 4.69) is 0 Å². The number of halogens is 1. The van der Waals surface area contributed by atoms with E-state index < -0.39 is 0 Å². The SMILES string of the molecule is COc1ccccc1Cl.[H-].[Li+]. The van der Waals surface area contributed by atoms with Gasteiger partial charge >= 0.3 is 18.9 Å². The Balaban J connectivity index is 0. The van der Waals surface area contributed by atoms with Crippen LogP contribution in [0.25, 0.3) is 0 Å². The molecule has 1 rings (SSSR count). The van der Waals surface area contributed by atoms with Gasteiger partial charge in [0, 0.05) is 0 Å². The first-order valence-corrected chi connectivity index (χ1v) is 3.01. The van der Waals surface area contributed by atoms with Gasteiger partial charge in [0.1, 0.15) is 5.75 Å². The van der Waals surface area contributed by atoms with E-state index in [1.807, 2.05) is 18.2 Å². The minimum atomic E-state index is 0. The summed E-state index contributed by atoms with van der Waals surface area (Å²) in [6.45, 7) is 0. The Bertz CT molecular complexity index is 207. The van der Waals surface area contributed by atoms with Crippen molar-refractivity contribution in [3.8, 4) is 5.75 Å². The third kappa shape index (κ3) is 2.26. The van der Waals surface area contributed by atoms with E-state index in [0.29, 0.717) is 5.02 Å². The second-order valence-corrected chi connectivity index (χ2v) is 2.04. The molecule has 1 aromatic rings. The van der Waals surface area contributed by atoms with E-state index in [4.69, 9.17) is 16.3 Å². The first-order valence-electron chi connectivity index (χ1n) is 2.63. The molecule has 0 saturated heterocycles. The van der Waals surface area contributed by atoms with Crippen molar-refractivity contribution in [3.63, 3.8) is 0 Å². The molecule has 3 heteroatoms. The van der Waals surface area contributed by atoms with Gasteiger partial charge in [0.15, 0.2) is 0 Å². The van der Waals surface area contributed by atoms with Crippen LogP contribution in [0.4, 0.5) is 0 Å². The van der Waals surface area contributed by atoms with Crippen LogP contribution in [0.3, 0.4) is 0 Å². The van der Waals surface area contributed by atoms with Crippen molar-refractivity contribution in [2.45, 2.75) is 0 Å². The van der Waals surface area contributed by atoms with Gasteiger partial charge in [0.2, 0.25) is 0 Å². The molecule has 0 saturated carbocycles. The van der Waals surface area contributed by atoms with Gasteiger partial charge in [-0.05, 0) is 12.1 Å². The summed E-state index contributed by atoms with van der Waals surface area (Å²) in [5.41, 5.74) is 0. The third-order valence-corrected chi connectivity index (χ3v) is 1.37. The van der Waals surface area contributed by atoms with Crippen molar-refractivity contribution in [1.82, 2.24) is 0 Å². The predicted octanol–water partition coefficient (Wildman–Crippen LogP) is -0.535. The summed E-state index contributed by atoms with van der Waals surface area (Å²) in [6, 6.07) is 7.36. The maximum atomic E-state index is 5.70. The van der Waals surface area contributed by atoms with Crippen molar-refractivity contribution >= 4 is 11.6 Å². The number of benzene rings is 1. The second-order valence-electron chi connectivity index (χ2n) is 1.63. The second kappa shape index (κ2) is 4.68. The van der Waals surface area contributed by atoms with Crippen molar-refractivity contribution in [2.75, 3.05) is 7.11 Å². The Morgan fingerprint density at radius 3 is 2.40 bits per heavy atom. The molecule has 0 radical (unpaired) electrons. The summed E-state index contributed by atoms with van der Waals surface area (Å²) in [6.07, 6.45) is 0. The number of ether oxygens (including phenoxy) is 1. The number of hydrogen-bond acceptors (Lipinski definition) is 1. The summed E-state index contributed by atoms with van der Waals surface area (Å²) in [5.74, 6) is 0.721. The fourth-order valence-corrected chi connectivity index (χ4v) is 0.823. The topological polar surface area (TPSA) is 9.23 Å². The summed E-state index contributed by atoms with van der Waals surface area (Å²) < 4.78 is 4.91. The molecule has 50 valence electrons. The molecule has 0 spiro atoms. The van der Waals surface area contributed by atoms with Crippen LogP contribution in [0.5, 0.6) is 5.75 Å². The number of methoxy groups -OCH3 is 1. The number of para-hydroxylation sites is 1. The van der Waals surface area contributed by atoms with Crippen molar-refractivity contribution in [2.24, 2.45) is 0 Å². The van der Waals surface area contributed by atoms with Crippen LogP contribution in [-0.4, -0.2) is 7.11 Å². The van der Waals surface area contributed by atoms with E-state index in [1.165, 1.54) is 0 Å². The fraction of sp³-hybridized carbons (Fsp3) is 0.143. The molecule has 1 nitrogen and oxygen atoms in total. The third-order valence-electron chi connectivity index (χ3n) is 1.06. The van der Waals surface area contributed by atoms with E-state index in [-0.39, 0.29) is 20.3 Å². The predicted molar refractivity (Wildman–Crippen MR) is 39.1 cm³/mol. The van der Waals surface area contributed by atoms with Crippen LogP contribution < -0.4 is 23.6 Å². The fourth-order valence-electron chi connectivity index (χ4n) is 0.610. The quantitative estimate of drug-likeness (QED) is 0.489. The van der Waals surface area contributed by atoms with E-state index in [9.17, 15) is 0 Å². The van der Waals surface area contributed by atoms with Gasteiger partial charge in [-0.15, -0.1) is 0 Å². The zero-order valence-electron chi connectivity index (χ0n) is 7.10. The summed E-state index contributed by atoms with van der Waals surface area (Å²) >= 11 is 5.70. The van der Waals surface area contributed by atoms with Gasteiger partial charge in [0.25, 0.3) is 0 Å². The summed E-state index contributed by atoms with van der Waals surface area (Å²) in [5, 5.41) is 0.653. The minimum absolute atomic E-state index is 0. The molecule has 0 N–H and O–H groups in total. The Kier molecular flexibility index (Phi) is 4.64. The zero-order chi connectivity index (χ0) is 6.69. The van der Waals surface area contributed by atoms with Gasteiger partial charge < -0.3 is 6.16 Å². The molecule has 10 heavy (non-hydrogen) atoms. The van der Waals surface area contributed by atoms with Crippen molar-refractivity contribution < 1.29 is 25.0 Å². The Hall–Kier alpha value is -0.0926. The zero-order valence-corrected chi connectivity index (χ0v) is 6.85. The normalized spacial score (nSPS) is 8.20. The van der Waals surface area contributed by atoms with E-state index >= 15 is 0 Å². The van der Waals surface area contributed by atoms with E-state index in [0.717, 1.165) is 5.75 Å². The minimum Gasteiger partial charge on any atom is -1.00 e. The van der Waals surface area contributed by atoms with Crippen LogP contribution in [0.15, 0.2) is 24.3 Å². The molecule has 0 aromatic heterocycles. The molecule has 0 bridgehead atoms. The van der Waals surface area contributed by atoms with Crippen LogP contribution in [0.2, 0.25) is 5.02 Å². The molecule has 0 atom stereocenters. The number of hydrogen-bond donors (Lipinski definition) is 0. The van der Waals surface area contributed by atoms with Crippen LogP contribution >= 0.6 is 11.6 Å². The Morgan fingerprint density at radius 1 is 1.40 bits per heavy atom. The van der Waals surface area contributed by atoms with Crippen molar-refractivity contribution in [3.05, 3.63) is 29.3 Å². The average molecular weight is 151 g/mol. The van der Waals surface area contributed by atoms with Gasteiger partial charge in [-0.1, -0.05) is 23.7 Å². The van der Waals surface area contributed by atoms with E-state index in [1.54, 1.807) is 13.2 Å². The molecule has 0 aliphatic rings. The molecular weight excluding hydrogens is 142 g/mol. The summed E-state index contributed by atoms with van der Waals surface area (Å²) in [4.78, 5) is 0. The molecule has 0 unspecified atom stereocenters. The first kappa shape index (κ1) is 9.91. The molecule has 0 fully saturated rings. The smallest absolute Gasteiger partial charge is 1.00 e. The van der Waals surface area contributed by atoms with Gasteiger partial charge in [-0.2, -0.15) is 0 Å². The monoisotopic (exact) mass is 150 g/mol. The van der Waals surface area contributed by atoms with Gasteiger partial charge in [-0.25, -0.2) is 0 Å². The van der Waals surface area contributed by atoms with Gasteiger partial charge in [0.05, 0.1) is 12.1 Å². The number of rotatable bonds is 1. The first-order chi connectivity index (χ1) is 4.34. The van der Waals surface area contributed by atoms with Crippen molar-refractivity contribution in [1.29, 1.82) is 0 Å². The standard InChI is InChI=1S/C7H7ClO.Li.H/c1-9-7-5-3-2-4-6(7)8;;/h2-5H,1H3;;/q;+1;-1. The summed E-state index contributed by atoms with van der Waals surface area (Å²) in [7, 11) is 1.60. The molecular formula is C7H8ClLiO. The average Bonchev–Trinajstić information content (AvgIpc) is 1.89. The maximum absolute atomic E-state index is 5.70. The van der Waals surface area contributed by atoms with Gasteiger partial charge in [-0.3, -0.25) is 0 Å². The van der Waals surface area contributed by atoms with Crippen LogP contribution in [-0.2, 0) is 0 Å². The molecule has 1 aromatic carbocycles. The molecule has 0 aliphatic carbocycles. The molecule has 0 aliphatic heterocycles. The largest absolute Gasteiger partial charge is 1.00 e.